The Morgan fingerprint density at radius 2 is 2.00 bits per heavy atom. The Morgan fingerprint density at radius 1 is 1.27 bits per heavy atom. The van der Waals surface area contributed by atoms with Crippen LogP contribution in [0.3, 0.4) is 0 Å². The smallest absolute Gasteiger partial charge is 0.308 e. The molecule has 2 amide bonds. The zero-order valence-corrected chi connectivity index (χ0v) is 14.6. The Balaban J connectivity index is 1.76. The lowest BCUT2D eigenvalue weighted by atomic mass is 10.0. The van der Waals surface area contributed by atoms with Gasteiger partial charge in [0.15, 0.2) is 5.76 Å². The molecule has 2 N–H and O–H groups in total. The van der Waals surface area contributed by atoms with Gasteiger partial charge in [0.25, 0.3) is 5.91 Å². The maximum absolute atomic E-state index is 12.5. The summed E-state index contributed by atoms with van der Waals surface area (Å²) >= 11 is 0. The topological polar surface area (TPSA) is 99.9 Å². The molecular weight excluding hydrogens is 336 g/mol. The van der Waals surface area contributed by atoms with E-state index in [0.717, 1.165) is 11.3 Å². The average Bonchev–Trinajstić information content (AvgIpc) is 3.19. The van der Waals surface area contributed by atoms with Crippen molar-refractivity contribution in [2.45, 2.75) is 32.9 Å². The molecule has 0 bridgehead atoms. The van der Waals surface area contributed by atoms with Crippen LogP contribution in [0.2, 0.25) is 0 Å². The van der Waals surface area contributed by atoms with Crippen LogP contribution in [0.1, 0.15) is 35.5 Å². The van der Waals surface area contributed by atoms with Gasteiger partial charge in [-0.2, -0.15) is 0 Å². The summed E-state index contributed by atoms with van der Waals surface area (Å²) in [7, 11) is 0. The summed E-state index contributed by atoms with van der Waals surface area (Å²) in [5, 5.41) is 11.7. The highest BCUT2D eigenvalue weighted by molar-refractivity contribution is 6.01. The van der Waals surface area contributed by atoms with Crippen LogP contribution in [0.25, 0.3) is 0 Å². The average molecular weight is 356 g/mol. The minimum Gasteiger partial charge on any atom is -0.481 e. The van der Waals surface area contributed by atoms with Crippen LogP contribution < -0.4 is 10.2 Å². The molecule has 26 heavy (non-hydrogen) atoms. The van der Waals surface area contributed by atoms with Crippen molar-refractivity contribution in [2.75, 3.05) is 4.90 Å². The summed E-state index contributed by atoms with van der Waals surface area (Å²) in [6.07, 6.45) is 1.73. The van der Waals surface area contributed by atoms with E-state index >= 15 is 0 Å². The zero-order chi connectivity index (χ0) is 18.8. The molecule has 2 unspecified atom stereocenters. The minimum atomic E-state index is -0.989. The van der Waals surface area contributed by atoms with Crippen LogP contribution >= 0.6 is 0 Å². The van der Waals surface area contributed by atoms with Gasteiger partial charge in [0.2, 0.25) is 5.91 Å². The lowest BCUT2D eigenvalue weighted by Gasteiger charge is -2.19. The summed E-state index contributed by atoms with van der Waals surface area (Å²) in [6.45, 7) is 3.37. The van der Waals surface area contributed by atoms with Crippen LogP contribution in [0.15, 0.2) is 41.0 Å². The Labute approximate surface area is 150 Å². The van der Waals surface area contributed by atoms with Gasteiger partial charge in [-0.05, 0) is 31.5 Å². The van der Waals surface area contributed by atoms with Crippen molar-refractivity contribution in [2.24, 2.45) is 5.92 Å². The Kier molecular flexibility index (Phi) is 4.79. The number of nitrogens with one attached hydrogen (secondary N) is 1. The van der Waals surface area contributed by atoms with Gasteiger partial charge in [-0.3, -0.25) is 14.4 Å². The van der Waals surface area contributed by atoms with E-state index in [-0.39, 0.29) is 18.2 Å². The number of fused-ring (bicyclic) bond motifs is 1. The summed E-state index contributed by atoms with van der Waals surface area (Å²) in [6, 6.07) is 8.61. The molecule has 1 aromatic heterocycles. The number of aliphatic carboxylic acids is 1. The van der Waals surface area contributed by atoms with Gasteiger partial charge in [-0.1, -0.05) is 18.2 Å². The minimum absolute atomic E-state index is 0.0355. The number of furan rings is 1. The third-order valence-corrected chi connectivity index (χ3v) is 4.70. The fraction of sp³-hybridized carbons (Fsp3) is 0.316. The number of anilines is 1. The molecular formula is C19H20N2O5. The van der Waals surface area contributed by atoms with Gasteiger partial charge in [0, 0.05) is 17.3 Å². The van der Waals surface area contributed by atoms with E-state index in [1.807, 2.05) is 24.3 Å². The third-order valence-electron chi connectivity index (χ3n) is 4.70. The molecule has 3 rings (SSSR count). The molecule has 1 aliphatic heterocycles. The molecule has 7 heteroatoms. The lowest BCUT2D eigenvalue weighted by molar-refractivity contribution is -0.141. The predicted octanol–water partition coefficient (Wildman–Crippen LogP) is 2.21. The number of carboxylic acids is 1. The summed E-state index contributed by atoms with van der Waals surface area (Å²) in [5.41, 5.74) is 2.36. The van der Waals surface area contributed by atoms with Gasteiger partial charge >= 0.3 is 5.97 Å². The van der Waals surface area contributed by atoms with Gasteiger partial charge in [0.05, 0.1) is 25.1 Å². The molecule has 136 valence electrons. The molecule has 2 aromatic rings. The first kappa shape index (κ1) is 17.7. The maximum Gasteiger partial charge on any atom is 0.308 e. The van der Waals surface area contributed by atoms with Crippen molar-refractivity contribution in [3.63, 3.8) is 0 Å². The number of carbonyl (C=O) groups is 3. The molecule has 2 heterocycles. The molecule has 0 spiro atoms. The van der Waals surface area contributed by atoms with Gasteiger partial charge in [-0.25, -0.2) is 0 Å². The quantitative estimate of drug-likeness (QED) is 0.827. The first-order chi connectivity index (χ1) is 12.4. The highest BCUT2D eigenvalue weighted by atomic mass is 16.4. The molecule has 1 aliphatic rings. The molecule has 0 saturated heterocycles. The lowest BCUT2D eigenvalue weighted by Crippen LogP contribution is -2.40. The van der Waals surface area contributed by atoms with Gasteiger partial charge in [-0.15, -0.1) is 0 Å². The van der Waals surface area contributed by atoms with Gasteiger partial charge < -0.3 is 19.7 Å². The Bertz CT molecular complexity index is 857. The monoisotopic (exact) mass is 356 g/mol. The van der Waals surface area contributed by atoms with Crippen molar-refractivity contribution < 1.29 is 23.9 Å². The van der Waals surface area contributed by atoms with Crippen molar-refractivity contribution in [1.29, 1.82) is 0 Å². The summed E-state index contributed by atoms with van der Waals surface area (Å²) < 4.78 is 5.30. The molecule has 0 saturated carbocycles. The first-order valence-electron chi connectivity index (χ1n) is 8.36. The fourth-order valence-electron chi connectivity index (χ4n) is 2.93. The summed E-state index contributed by atoms with van der Waals surface area (Å²) in [5.74, 6) is -2.16. The van der Waals surface area contributed by atoms with Crippen molar-refractivity contribution >= 4 is 23.5 Å². The standard InChI is InChI=1S/C19H20N2O5/c1-11(19(24)25)12(2)20-18(23)17-14(7-8-26-17)10-21-15-6-4-3-5-13(15)9-16(21)22/h3-8,11-12H,9-10H2,1-2H3,(H,20,23)(H,24,25). The number of hydrogen-bond donors (Lipinski definition) is 2. The maximum atomic E-state index is 12.5. The summed E-state index contributed by atoms with van der Waals surface area (Å²) in [4.78, 5) is 37.4. The Hall–Kier alpha value is -3.09. The number of amides is 2. The second kappa shape index (κ2) is 7.03. The molecule has 0 fully saturated rings. The van der Waals surface area contributed by atoms with Crippen LogP contribution in [0.5, 0.6) is 0 Å². The number of nitrogens with zero attached hydrogens (tertiary/aromatic N) is 1. The first-order valence-corrected chi connectivity index (χ1v) is 8.36. The molecule has 1 aromatic carbocycles. The predicted molar refractivity (Wildman–Crippen MR) is 93.8 cm³/mol. The third kappa shape index (κ3) is 3.33. The number of hydrogen-bond acceptors (Lipinski definition) is 4. The van der Waals surface area contributed by atoms with Gasteiger partial charge in [0.1, 0.15) is 0 Å². The number of benzene rings is 1. The van der Waals surface area contributed by atoms with E-state index in [4.69, 9.17) is 9.52 Å². The highest BCUT2D eigenvalue weighted by Crippen LogP contribution is 2.30. The Morgan fingerprint density at radius 3 is 2.73 bits per heavy atom. The van der Waals surface area contributed by atoms with E-state index in [2.05, 4.69) is 5.32 Å². The SMILES string of the molecule is CC(NC(=O)c1occc1CN1C(=O)Cc2ccccc21)C(C)C(=O)O. The van der Waals surface area contributed by atoms with Crippen LogP contribution in [0.4, 0.5) is 5.69 Å². The van der Waals surface area contributed by atoms with E-state index in [1.54, 1.807) is 17.9 Å². The largest absolute Gasteiger partial charge is 0.481 e. The van der Waals surface area contributed by atoms with E-state index in [9.17, 15) is 14.4 Å². The second-order valence-electron chi connectivity index (χ2n) is 6.45. The number of para-hydroxylation sites is 1. The number of carbonyl (C=O) groups excluding carboxylic acids is 2. The van der Waals surface area contributed by atoms with E-state index < -0.39 is 23.8 Å². The van der Waals surface area contributed by atoms with Crippen molar-refractivity contribution in [3.8, 4) is 0 Å². The molecule has 7 nitrogen and oxygen atoms in total. The molecule has 2 atom stereocenters. The van der Waals surface area contributed by atoms with Crippen molar-refractivity contribution in [1.82, 2.24) is 5.32 Å². The van der Waals surface area contributed by atoms with Crippen LogP contribution in [0, 0.1) is 5.92 Å². The molecule has 0 aliphatic carbocycles. The van der Waals surface area contributed by atoms with Crippen LogP contribution in [-0.2, 0) is 22.6 Å². The van der Waals surface area contributed by atoms with Crippen LogP contribution in [-0.4, -0.2) is 28.9 Å². The second-order valence-corrected chi connectivity index (χ2v) is 6.45. The van der Waals surface area contributed by atoms with E-state index in [0.29, 0.717) is 12.0 Å². The highest BCUT2D eigenvalue weighted by Gasteiger charge is 2.29. The normalized spacial score (nSPS) is 15.5. The fourth-order valence-corrected chi connectivity index (χ4v) is 2.93. The van der Waals surface area contributed by atoms with E-state index in [1.165, 1.54) is 13.2 Å². The number of carboxylic acid groups (broad SMARTS) is 1. The zero-order valence-electron chi connectivity index (χ0n) is 14.6. The number of rotatable bonds is 6. The molecule has 0 radical (unpaired) electrons. The van der Waals surface area contributed by atoms with Crippen molar-refractivity contribution in [3.05, 3.63) is 53.5 Å².